The normalized spacial score (nSPS) is 15.2. The van der Waals surface area contributed by atoms with Gasteiger partial charge in [-0.25, -0.2) is 4.79 Å². The highest BCUT2D eigenvalue weighted by atomic mass is 16.4. The van der Waals surface area contributed by atoms with Gasteiger partial charge in [-0.1, -0.05) is 41.5 Å². The maximum absolute atomic E-state index is 12.8. The van der Waals surface area contributed by atoms with E-state index in [0.29, 0.717) is 0 Å². The molecule has 0 aliphatic carbocycles. The van der Waals surface area contributed by atoms with Crippen LogP contribution in [0, 0.1) is 17.8 Å². The van der Waals surface area contributed by atoms with Crippen LogP contribution in [0.1, 0.15) is 54.4 Å². The van der Waals surface area contributed by atoms with Crippen LogP contribution in [0.2, 0.25) is 0 Å². The second-order valence-electron chi connectivity index (χ2n) is 8.69. The van der Waals surface area contributed by atoms with Crippen molar-refractivity contribution in [2.45, 2.75) is 78.6 Å². The van der Waals surface area contributed by atoms with E-state index in [1.165, 1.54) is 0 Å². The van der Waals surface area contributed by atoms with Crippen molar-refractivity contribution in [3.8, 4) is 0 Å². The fourth-order valence-electron chi connectivity index (χ4n) is 2.70. The molecule has 0 aliphatic rings. The van der Waals surface area contributed by atoms with Gasteiger partial charge in [0.15, 0.2) is 0 Å². The zero-order valence-corrected chi connectivity index (χ0v) is 19.0. The van der Waals surface area contributed by atoms with Gasteiger partial charge in [0.2, 0.25) is 17.7 Å². The first-order chi connectivity index (χ1) is 14.2. The van der Waals surface area contributed by atoms with Gasteiger partial charge in [-0.2, -0.15) is 0 Å². The summed E-state index contributed by atoms with van der Waals surface area (Å²) in [7, 11) is 0. The number of carbonyl (C=O) groups is 5. The van der Waals surface area contributed by atoms with Crippen molar-refractivity contribution in [1.29, 1.82) is 0 Å². The number of nitrogens with one attached hydrogen (secondary N) is 3. The Morgan fingerprint density at radius 1 is 0.742 bits per heavy atom. The molecule has 0 bridgehead atoms. The van der Waals surface area contributed by atoms with Crippen LogP contribution in [0.5, 0.6) is 0 Å². The number of rotatable bonds is 13. The lowest BCUT2D eigenvalue weighted by atomic mass is 10.00. The van der Waals surface area contributed by atoms with Crippen LogP contribution in [0.4, 0.5) is 0 Å². The molecule has 3 amide bonds. The second-order valence-corrected chi connectivity index (χ2v) is 8.69. The number of hydrogen-bond donors (Lipinski definition) is 6. The molecule has 0 aromatic rings. The molecule has 11 heteroatoms. The average Bonchev–Trinajstić information content (AvgIpc) is 2.62. The second kappa shape index (κ2) is 12.9. The van der Waals surface area contributed by atoms with E-state index in [1.54, 1.807) is 27.7 Å². The molecule has 4 atom stereocenters. The van der Waals surface area contributed by atoms with Crippen molar-refractivity contribution in [3.63, 3.8) is 0 Å². The molecule has 0 aromatic carbocycles. The zero-order chi connectivity index (χ0) is 24.5. The van der Waals surface area contributed by atoms with Crippen molar-refractivity contribution in [1.82, 2.24) is 16.0 Å². The molecule has 4 unspecified atom stereocenters. The number of nitrogens with two attached hydrogens (primary N) is 1. The van der Waals surface area contributed by atoms with E-state index in [9.17, 15) is 29.1 Å². The molecule has 0 rings (SSSR count). The number of hydrogen-bond acceptors (Lipinski definition) is 6. The molecular formula is C20H36N4O7. The summed E-state index contributed by atoms with van der Waals surface area (Å²) in [5.74, 6) is -5.51. The van der Waals surface area contributed by atoms with E-state index in [2.05, 4.69) is 16.0 Å². The largest absolute Gasteiger partial charge is 0.481 e. The molecule has 0 aliphatic heterocycles. The predicted molar refractivity (Wildman–Crippen MR) is 113 cm³/mol. The summed E-state index contributed by atoms with van der Waals surface area (Å²) in [5, 5.41) is 25.5. The minimum absolute atomic E-state index is 0.00425. The summed E-state index contributed by atoms with van der Waals surface area (Å²) < 4.78 is 0. The van der Waals surface area contributed by atoms with Crippen molar-refractivity contribution < 1.29 is 34.2 Å². The number of amides is 3. The molecule has 0 fully saturated rings. The lowest BCUT2D eigenvalue weighted by molar-refractivity contribution is -0.144. The van der Waals surface area contributed by atoms with Gasteiger partial charge in [0, 0.05) is 0 Å². The molecule has 0 saturated carbocycles. The highest BCUT2D eigenvalue weighted by Crippen LogP contribution is 2.09. The van der Waals surface area contributed by atoms with Gasteiger partial charge in [0.05, 0.1) is 12.5 Å². The fraction of sp³-hybridized carbons (Fsp3) is 0.750. The van der Waals surface area contributed by atoms with Gasteiger partial charge in [0.25, 0.3) is 0 Å². The number of carbonyl (C=O) groups excluding carboxylic acids is 3. The lowest BCUT2D eigenvalue weighted by Crippen LogP contribution is -2.58. The highest BCUT2D eigenvalue weighted by Gasteiger charge is 2.32. The first-order valence-electron chi connectivity index (χ1n) is 10.3. The van der Waals surface area contributed by atoms with Crippen LogP contribution < -0.4 is 21.7 Å². The Bertz CT molecular complexity index is 664. The number of aliphatic carboxylic acids is 2. The van der Waals surface area contributed by atoms with Crippen LogP contribution in [0.15, 0.2) is 0 Å². The number of carboxylic acids is 2. The Balaban J connectivity index is 5.54. The van der Waals surface area contributed by atoms with Crippen LogP contribution in [-0.2, 0) is 24.0 Å². The van der Waals surface area contributed by atoms with Gasteiger partial charge in [-0.05, 0) is 24.2 Å². The highest BCUT2D eigenvalue weighted by molar-refractivity contribution is 5.95. The monoisotopic (exact) mass is 444 g/mol. The molecule has 0 radical (unpaired) electrons. The molecule has 0 saturated heterocycles. The van der Waals surface area contributed by atoms with E-state index >= 15 is 0 Å². The van der Waals surface area contributed by atoms with Crippen LogP contribution in [0.25, 0.3) is 0 Å². The van der Waals surface area contributed by atoms with Gasteiger partial charge in [0.1, 0.15) is 18.1 Å². The van der Waals surface area contributed by atoms with Gasteiger partial charge in [-0.15, -0.1) is 0 Å². The van der Waals surface area contributed by atoms with E-state index in [0.717, 1.165) is 0 Å². The predicted octanol–water partition coefficient (Wildman–Crippen LogP) is -0.314. The molecule has 0 spiro atoms. The average molecular weight is 445 g/mol. The van der Waals surface area contributed by atoms with Gasteiger partial charge in [-0.3, -0.25) is 19.2 Å². The van der Waals surface area contributed by atoms with Gasteiger partial charge < -0.3 is 31.9 Å². The summed E-state index contributed by atoms with van der Waals surface area (Å²) in [5.41, 5.74) is 5.82. The number of carboxylic acid groups (broad SMARTS) is 2. The summed E-state index contributed by atoms with van der Waals surface area (Å²) in [6.45, 7) is 10.3. The molecule has 7 N–H and O–H groups in total. The first kappa shape index (κ1) is 28.3. The topological polar surface area (TPSA) is 188 Å². The Kier molecular flexibility index (Phi) is 11.8. The first-order valence-corrected chi connectivity index (χ1v) is 10.3. The van der Waals surface area contributed by atoms with Crippen LogP contribution >= 0.6 is 0 Å². The third-order valence-corrected chi connectivity index (χ3v) is 4.60. The zero-order valence-electron chi connectivity index (χ0n) is 19.0. The Morgan fingerprint density at radius 2 is 1.23 bits per heavy atom. The quantitative estimate of drug-likeness (QED) is 0.223. The molecule has 0 aromatic heterocycles. The Morgan fingerprint density at radius 3 is 1.61 bits per heavy atom. The fourth-order valence-corrected chi connectivity index (χ4v) is 2.70. The smallest absolute Gasteiger partial charge is 0.326 e. The summed E-state index contributed by atoms with van der Waals surface area (Å²) in [4.78, 5) is 60.2. The standard InChI is InChI=1S/C20H36N4O7/c1-9(2)7-12(23-19(29)15(21)10(3)4)17(27)22-13(8-14(25)26)18(28)24-16(11(5)6)20(30)31/h9-13,15-16H,7-8,21H2,1-6H3,(H,22,27)(H,23,29)(H,24,28)(H,25,26)(H,30,31). The lowest BCUT2D eigenvalue weighted by Gasteiger charge is -2.26. The third-order valence-electron chi connectivity index (χ3n) is 4.60. The van der Waals surface area contributed by atoms with Crippen LogP contribution in [-0.4, -0.2) is 64.0 Å². The minimum Gasteiger partial charge on any atom is -0.481 e. The summed E-state index contributed by atoms with van der Waals surface area (Å²) >= 11 is 0. The molecule has 31 heavy (non-hydrogen) atoms. The molecular weight excluding hydrogens is 408 g/mol. The maximum atomic E-state index is 12.8. The van der Waals surface area contributed by atoms with Crippen molar-refractivity contribution in [2.75, 3.05) is 0 Å². The van der Waals surface area contributed by atoms with Crippen molar-refractivity contribution >= 4 is 29.7 Å². The Hall–Kier alpha value is -2.69. The molecule has 178 valence electrons. The van der Waals surface area contributed by atoms with Gasteiger partial charge >= 0.3 is 11.9 Å². The SMILES string of the molecule is CC(C)CC(NC(=O)C(N)C(C)C)C(=O)NC(CC(=O)O)C(=O)NC(C(=O)O)C(C)C. The van der Waals surface area contributed by atoms with E-state index in [1.807, 2.05) is 13.8 Å². The van der Waals surface area contributed by atoms with Crippen LogP contribution in [0.3, 0.4) is 0 Å². The maximum Gasteiger partial charge on any atom is 0.326 e. The molecule has 0 heterocycles. The Labute approximate surface area is 182 Å². The third kappa shape index (κ3) is 10.3. The van der Waals surface area contributed by atoms with E-state index < -0.39 is 66.2 Å². The molecule has 11 nitrogen and oxygen atoms in total. The van der Waals surface area contributed by atoms with Crippen molar-refractivity contribution in [3.05, 3.63) is 0 Å². The van der Waals surface area contributed by atoms with Crippen molar-refractivity contribution in [2.24, 2.45) is 23.5 Å². The van der Waals surface area contributed by atoms with E-state index in [4.69, 9.17) is 10.8 Å². The summed E-state index contributed by atoms with van der Waals surface area (Å²) in [6, 6.07) is -4.66. The summed E-state index contributed by atoms with van der Waals surface area (Å²) in [6.07, 6.45) is -0.524. The minimum atomic E-state index is -1.52. The van der Waals surface area contributed by atoms with E-state index in [-0.39, 0.29) is 18.3 Å².